The molecular formula is C13H23ClN2O2. The SMILES string of the molecule is CC(C)(C)OC(=O)N1CCC2(CN(CCCl)C2)C1. The molecule has 104 valence electrons. The lowest BCUT2D eigenvalue weighted by molar-refractivity contribution is 0.00155. The Hall–Kier alpha value is -0.480. The van der Waals surface area contributed by atoms with Crippen molar-refractivity contribution in [3.63, 3.8) is 0 Å². The van der Waals surface area contributed by atoms with Gasteiger partial charge in [0.25, 0.3) is 0 Å². The molecule has 2 heterocycles. The normalized spacial score (nSPS) is 23.2. The molecule has 5 heteroatoms. The summed E-state index contributed by atoms with van der Waals surface area (Å²) in [5.41, 5.74) is -0.0972. The molecular weight excluding hydrogens is 252 g/mol. The van der Waals surface area contributed by atoms with Gasteiger partial charge >= 0.3 is 6.09 Å². The molecule has 2 aliphatic heterocycles. The summed E-state index contributed by atoms with van der Waals surface area (Å²) in [7, 11) is 0. The van der Waals surface area contributed by atoms with Crippen molar-refractivity contribution in [3.05, 3.63) is 0 Å². The first-order valence-corrected chi connectivity index (χ1v) is 7.13. The summed E-state index contributed by atoms with van der Waals surface area (Å²) in [5.74, 6) is 0.686. The highest BCUT2D eigenvalue weighted by atomic mass is 35.5. The zero-order chi connectivity index (χ0) is 13.4. The minimum atomic E-state index is -0.406. The van der Waals surface area contributed by atoms with Crippen LogP contribution in [0.25, 0.3) is 0 Å². The van der Waals surface area contributed by atoms with Gasteiger partial charge in [0.2, 0.25) is 0 Å². The molecule has 0 unspecified atom stereocenters. The largest absolute Gasteiger partial charge is 0.444 e. The molecule has 2 saturated heterocycles. The Morgan fingerprint density at radius 3 is 2.56 bits per heavy atom. The topological polar surface area (TPSA) is 32.8 Å². The predicted octanol–water partition coefficient (Wildman–Crippen LogP) is 2.17. The average molecular weight is 275 g/mol. The fraction of sp³-hybridized carbons (Fsp3) is 0.923. The lowest BCUT2D eigenvalue weighted by atomic mass is 9.79. The van der Waals surface area contributed by atoms with Crippen LogP contribution in [0.3, 0.4) is 0 Å². The van der Waals surface area contributed by atoms with Gasteiger partial charge in [-0.25, -0.2) is 4.79 Å². The highest BCUT2D eigenvalue weighted by Crippen LogP contribution is 2.39. The second-order valence-corrected chi connectivity index (χ2v) is 6.93. The maximum atomic E-state index is 12.0. The van der Waals surface area contributed by atoms with Gasteiger partial charge in [-0.2, -0.15) is 0 Å². The standard InChI is InChI=1S/C13H23ClN2O2/c1-12(2,3)18-11(17)16-6-4-13(10-16)8-15(9-13)7-5-14/h4-10H2,1-3H3. The average Bonchev–Trinajstić information content (AvgIpc) is 2.59. The van der Waals surface area contributed by atoms with Crippen LogP contribution < -0.4 is 0 Å². The van der Waals surface area contributed by atoms with Crippen molar-refractivity contribution in [2.45, 2.75) is 32.8 Å². The summed E-state index contributed by atoms with van der Waals surface area (Å²) in [5, 5.41) is 0. The number of nitrogens with zero attached hydrogens (tertiary/aromatic N) is 2. The molecule has 0 aromatic rings. The van der Waals surface area contributed by atoms with Gasteiger partial charge < -0.3 is 14.5 Å². The van der Waals surface area contributed by atoms with E-state index in [9.17, 15) is 4.79 Å². The van der Waals surface area contributed by atoms with E-state index >= 15 is 0 Å². The molecule has 0 saturated carbocycles. The fourth-order valence-corrected chi connectivity index (χ4v) is 3.09. The number of hydrogen-bond donors (Lipinski definition) is 0. The fourth-order valence-electron chi connectivity index (χ4n) is 2.86. The molecule has 0 atom stereocenters. The summed E-state index contributed by atoms with van der Waals surface area (Å²) in [4.78, 5) is 16.2. The molecule has 2 fully saturated rings. The zero-order valence-corrected chi connectivity index (χ0v) is 12.3. The van der Waals surface area contributed by atoms with Gasteiger partial charge in [0.15, 0.2) is 0 Å². The van der Waals surface area contributed by atoms with Crippen molar-refractivity contribution < 1.29 is 9.53 Å². The number of ether oxygens (including phenoxy) is 1. The first-order chi connectivity index (χ1) is 8.34. The number of likely N-dealkylation sites (tertiary alicyclic amines) is 2. The minimum Gasteiger partial charge on any atom is -0.444 e. The monoisotopic (exact) mass is 274 g/mol. The molecule has 0 aromatic heterocycles. The van der Waals surface area contributed by atoms with Crippen molar-refractivity contribution in [2.24, 2.45) is 5.41 Å². The third-order valence-corrected chi connectivity index (χ3v) is 3.78. The van der Waals surface area contributed by atoms with E-state index in [0.29, 0.717) is 11.3 Å². The Balaban J connectivity index is 1.81. The van der Waals surface area contributed by atoms with E-state index < -0.39 is 5.60 Å². The Kier molecular flexibility index (Phi) is 3.79. The second kappa shape index (κ2) is 4.89. The van der Waals surface area contributed by atoms with Crippen molar-refractivity contribution in [1.82, 2.24) is 9.80 Å². The Bertz CT molecular complexity index is 321. The van der Waals surface area contributed by atoms with Crippen molar-refractivity contribution in [1.29, 1.82) is 0 Å². The van der Waals surface area contributed by atoms with Crippen molar-refractivity contribution >= 4 is 17.7 Å². The summed E-state index contributed by atoms with van der Waals surface area (Å²) in [6.07, 6.45) is 0.917. The number of hydrogen-bond acceptors (Lipinski definition) is 3. The Morgan fingerprint density at radius 1 is 1.33 bits per heavy atom. The van der Waals surface area contributed by atoms with Crippen LogP contribution >= 0.6 is 11.6 Å². The number of rotatable bonds is 2. The van der Waals surface area contributed by atoms with Gasteiger partial charge in [-0.1, -0.05) is 0 Å². The van der Waals surface area contributed by atoms with E-state index in [2.05, 4.69) is 4.90 Å². The first kappa shape index (κ1) is 13.9. The maximum absolute atomic E-state index is 12.0. The van der Waals surface area contributed by atoms with Gasteiger partial charge in [0.05, 0.1) is 0 Å². The van der Waals surface area contributed by atoms with Crippen LogP contribution in [0.2, 0.25) is 0 Å². The lowest BCUT2D eigenvalue weighted by Gasteiger charge is -2.47. The van der Waals surface area contributed by atoms with E-state index in [4.69, 9.17) is 16.3 Å². The van der Waals surface area contributed by atoms with Crippen LogP contribution in [-0.4, -0.2) is 60.1 Å². The molecule has 0 bridgehead atoms. The lowest BCUT2D eigenvalue weighted by Crippen LogP contribution is -2.58. The molecule has 0 radical (unpaired) electrons. The van der Waals surface area contributed by atoms with Gasteiger partial charge in [0.1, 0.15) is 5.60 Å². The second-order valence-electron chi connectivity index (χ2n) is 6.55. The number of halogens is 1. The maximum Gasteiger partial charge on any atom is 0.410 e. The van der Waals surface area contributed by atoms with Crippen LogP contribution in [0.4, 0.5) is 4.79 Å². The van der Waals surface area contributed by atoms with Crippen LogP contribution in [0.1, 0.15) is 27.2 Å². The minimum absolute atomic E-state index is 0.171. The van der Waals surface area contributed by atoms with Crippen LogP contribution in [0, 0.1) is 5.41 Å². The molecule has 4 nitrogen and oxygen atoms in total. The predicted molar refractivity (Wildman–Crippen MR) is 72.0 cm³/mol. The highest BCUT2D eigenvalue weighted by Gasteiger charge is 2.48. The van der Waals surface area contributed by atoms with Crippen LogP contribution in [0.5, 0.6) is 0 Å². The molecule has 2 rings (SSSR count). The summed E-state index contributed by atoms with van der Waals surface area (Å²) in [6.45, 7) is 10.5. The van der Waals surface area contributed by atoms with E-state index in [1.54, 1.807) is 0 Å². The first-order valence-electron chi connectivity index (χ1n) is 6.60. The number of amides is 1. The molecule has 2 aliphatic rings. The number of alkyl halides is 1. The number of carbonyl (C=O) groups is 1. The van der Waals surface area contributed by atoms with E-state index in [-0.39, 0.29) is 6.09 Å². The molecule has 0 aliphatic carbocycles. The van der Waals surface area contributed by atoms with Gasteiger partial charge in [-0.15, -0.1) is 11.6 Å². The summed E-state index contributed by atoms with van der Waals surface area (Å²) in [6, 6.07) is 0. The summed E-state index contributed by atoms with van der Waals surface area (Å²) >= 11 is 5.73. The molecule has 0 aromatic carbocycles. The summed E-state index contributed by atoms with van der Waals surface area (Å²) < 4.78 is 5.41. The highest BCUT2D eigenvalue weighted by molar-refractivity contribution is 6.18. The van der Waals surface area contributed by atoms with Gasteiger partial charge in [-0.05, 0) is 27.2 Å². The third kappa shape index (κ3) is 3.09. The van der Waals surface area contributed by atoms with E-state index in [1.165, 1.54) is 0 Å². The molecule has 1 spiro atoms. The third-order valence-electron chi connectivity index (χ3n) is 3.61. The van der Waals surface area contributed by atoms with E-state index in [1.807, 2.05) is 25.7 Å². The van der Waals surface area contributed by atoms with Crippen LogP contribution in [-0.2, 0) is 4.74 Å². The zero-order valence-electron chi connectivity index (χ0n) is 11.5. The molecule has 18 heavy (non-hydrogen) atoms. The van der Waals surface area contributed by atoms with Crippen LogP contribution in [0.15, 0.2) is 0 Å². The Morgan fingerprint density at radius 2 is 2.00 bits per heavy atom. The Labute approximate surface area is 114 Å². The van der Waals surface area contributed by atoms with Gasteiger partial charge in [0, 0.05) is 44.0 Å². The van der Waals surface area contributed by atoms with E-state index in [0.717, 1.165) is 39.1 Å². The smallest absolute Gasteiger partial charge is 0.410 e. The van der Waals surface area contributed by atoms with Crippen molar-refractivity contribution in [3.8, 4) is 0 Å². The van der Waals surface area contributed by atoms with Gasteiger partial charge in [-0.3, -0.25) is 0 Å². The number of carbonyl (C=O) groups excluding carboxylic acids is 1. The molecule has 1 amide bonds. The van der Waals surface area contributed by atoms with Crippen molar-refractivity contribution in [2.75, 3.05) is 38.6 Å². The quantitative estimate of drug-likeness (QED) is 0.724. The molecule has 0 N–H and O–H groups in total.